The average Bonchev–Trinajstić information content (AvgIpc) is 3.13. The predicted molar refractivity (Wildman–Crippen MR) is 101 cm³/mol. The fourth-order valence-electron chi connectivity index (χ4n) is 2.75. The van der Waals surface area contributed by atoms with Crippen LogP contribution in [0.4, 0.5) is 0 Å². The Kier molecular flexibility index (Phi) is 5.69. The Morgan fingerprint density at radius 2 is 2.00 bits per heavy atom. The highest BCUT2D eigenvalue weighted by Crippen LogP contribution is 2.26. The maximum Gasteiger partial charge on any atom is 0.244 e. The van der Waals surface area contributed by atoms with Crippen LogP contribution in [0.25, 0.3) is 6.08 Å². The number of fused-ring (bicyclic) bond motifs is 1. The van der Waals surface area contributed by atoms with Gasteiger partial charge >= 0.3 is 0 Å². The molecule has 0 spiro atoms. The number of carbonyl (C=O) groups excluding carboxylic acids is 2. The molecular weight excluding hydrogens is 328 g/mol. The standard InChI is InChI=1S/C21H22N2O3/c1-15(21(25)22-14-17-5-3-2-4-6-17)23-20(24)10-8-16-7-9-19-18(13-16)11-12-26-19/h2-10,13,15H,11-12,14H2,1H3,(H,22,25)(H,23,24)/b10-8+. The third-order valence-corrected chi connectivity index (χ3v) is 4.20. The SMILES string of the molecule is CC(NC(=O)/C=C/c1ccc2c(c1)CCO2)C(=O)NCc1ccccc1. The summed E-state index contributed by atoms with van der Waals surface area (Å²) in [6.07, 6.45) is 4.07. The van der Waals surface area contributed by atoms with E-state index in [2.05, 4.69) is 10.6 Å². The fraction of sp³-hybridized carbons (Fsp3) is 0.238. The van der Waals surface area contributed by atoms with Crippen molar-refractivity contribution in [3.63, 3.8) is 0 Å². The second-order valence-electron chi connectivity index (χ2n) is 6.23. The van der Waals surface area contributed by atoms with Gasteiger partial charge in [-0.1, -0.05) is 36.4 Å². The van der Waals surface area contributed by atoms with Gasteiger partial charge in [-0.3, -0.25) is 9.59 Å². The van der Waals surface area contributed by atoms with Gasteiger partial charge in [0, 0.05) is 19.0 Å². The summed E-state index contributed by atoms with van der Waals surface area (Å²) in [6.45, 7) is 2.81. The van der Waals surface area contributed by atoms with Gasteiger partial charge < -0.3 is 15.4 Å². The minimum atomic E-state index is -0.607. The van der Waals surface area contributed by atoms with Crippen molar-refractivity contribution in [2.24, 2.45) is 0 Å². The lowest BCUT2D eigenvalue weighted by molar-refractivity contribution is -0.126. The van der Waals surface area contributed by atoms with E-state index in [-0.39, 0.29) is 11.8 Å². The van der Waals surface area contributed by atoms with Gasteiger partial charge in [-0.2, -0.15) is 0 Å². The first kappa shape index (κ1) is 17.7. The average molecular weight is 350 g/mol. The molecule has 0 saturated carbocycles. The molecule has 0 aromatic heterocycles. The Bertz CT molecular complexity index is 815. The van der Waals surface area contributed by atoms with Crippen LogP contribution in [0, 0.1) is 0 Å². The minimum absolute atomic E-state index is 0.217. The van der Waals surface area contributed by atoms with Crippen LogP contribution in [0.2, 0.25) is 0 Å². The Balaban J connectivity index is 1.48. The third-order valence-electron chi connectivity index (χ3n) is 4.20. The Morgan fingerprint density at radius 1 is 1.19 bits per heavy atom. The molecule has 1 heterocycles. The topological polar surface area (TPSA) is 67.4 Å². The second-order valence-corrected chi connectivity index (χ2v) is 6.23. The maximum absolute atomic E-state index is 12.1. The van der Waals surface area contributed by atoms with Gasteiger partial charge in [-0.25, -0.2) is 0 Å². The van der Waals surface area contributed by atoms with Crippen molar-refractivity contribution in [1.82, 2.24) is 10.6 Å². The van der Waals surface area contributed by atoms with E-state index in [1.165, 1.54) is 6.08 Å². The van der Waals surface area contributed by atoms with E-state index < -0.39 is 6.04 Å². The van der Waals surface area contributed by atoms with Gasteiger partial charge in [0.1, 0.15) is 11.8 Å². The van der Waals surface area contributed by atoms with Gasteiger partial charge in [0.15, 0.2) is 0 Å². The molecule has 1 atom stereocenters. The molecule has 0 saturated heterocycles. The van der Waals surface area contributed by atoms with Crippen LogP contribution in [0.3, 0.4) is 0 Å². The van der Waals surface area contributed by atoms with Gasteiger partial charge in [-0.15, -0.1) is 0 Å². The van der Waals surface area contributed by atoms with Crippen LogP contribution in [0.1, 0.15) is 23.6 Å². The lowest BCUT2D eigenvalue weighted by Crippen LogP contribution is -2.44. The summed E-state index contributed by atoms with van der Waals surface area (Å²) in [4.78, 5) is 24.1. The zero-order valence-electron chi connectivity index (χ0n) is 14.7. The molecule has 2 N–H and O–H groups in total. The van der Waals surface area contributed by atoms with Crippen molar-refractivity contribution >= 4 is 17.9 Å². The first-order valence-electron chi connectivity index (χ1n) is 8.68. The highest BCUT2D eigenvalue weighted by Gasteiger charge is 2.14. The highest BCUT2D eigenvalue weighted by molar-refractivity contribution is 5.95. The van der Waals surface area contributed by atoms with E-state index >= 15 is 0 Å². The molecule has 0 fully saturated rings. The smallest absolute Gasteiger partial charge is 0.244 e. The van der Waals surface area contributed by atoms with Gasteiger partial charge in [-0.05, 0) is 41.8 Å². The van der Waals surface area contributed by atoms with Crippen molar-refractivity contribution in [2.45, 2.75) is 25.9 Å². The Hall–Kier alpha value is -3.08. The number of benzene rings is 2. The number of nitrogens with one attached hydrogen (secondary N) is 2. The van der Waals surface area contributed by atoms with E-state index in [1.54, 1.807) is 13.0 Å². The normalized spacial score (nSPS) is 13.7. The largest absolute Gasteiger partial charge is 0.493 e. The summed E-state index contributed by atoms with van der Waals surface area (Å²) in [7, 11) is 0. The number of hydrogen-bond acceptors (Lipinski definition) is 3. The van der Waals surface area contributed by atoms with Crippen molar-refractivity contribution in [3.8, 4) is 5.75 Å². The van der Waals surface area contributed by atoms with Crippen LogP contribution in [0.5, 0.6) is 5.75 Å². The zero-order valence-corrected chi connectivity index (χ0v) is 14.7. The molecule has 0 radical (unpaired) electrons. The maximum atomic E-state index is 12.1. The van der Waals surface area contributed by atoms with Crippen molar-refractivity contribution in [2.75, 3.05) is 6.61 Å². The van der Waals surface area contributed by atoms with Crippen molar-refractivity contribution in [3.05, 3.63) is 71.3 Å². The number of hydrogen-bond donors (Lipinski definition) is 2. The van der Waals surface area contributed by atoms with Crippen molar-refractivity contribution in [1.29, 1.82) is 0 Å². The summed E-state index contributed by atoms with van der Waals surface area (Å²) in [5.41, 5.74) is 3.10. The first-order chi connectivity index (χ1) is 12.6. The van der Waals surface area contributed by atoms with Crippen LogP contribution in [-0.4, -0.2) is 24.5 Å². The van der Waals surface area contributed by atoms with Crippen LogP contribution < -0.4 is 15.4 Å². The Labute approximate surface area is 153 Å². The molecule has 0 aliphatic carbocycles. The van der Waals surface area contributed by atoms with Gasteiger partial charge in [0.25, 0.3) is 0 Å². The van der Waals surface area contributed by atoms with Gasteiger partial charge in [0.2, 0.25) is 11.8 Å². The van der Waals surface area contributed by atoms with E-state index in [0.717, 1.165) is 28.9 Å². The molecule has 2 amide bonds. The van der Waals surface area contributed by atoms with E-state index in [1.807, 2.05) is 48.5 Å². The molecule has 5 heteroatoms. The molecule has 3 rings (SSSR count). The summed E-state index contributed by atoms with van der Waals surface area (Å²) in [6, 6.07) is 14.9. The van der Waals surface area contributed by atoms with E-state index in [4.69, 9.17) is 4.74 Å². The lowest BCUT2D eigenvalue weighted by Gasteiger charge is -2.13. The molecule has 26 heavy (non-hydrogen) atoms. The van der Waals surface area contributed by atoms with Crippen LogP contribution in [-0.2, 0) is 22.6 Å². The zero-order chi connectivity index (χ0) is 18.4. The molecule has 5 nitrogen and oxygen atoms in total. The summed E-state index contributed by atoms with van der Waals surface area (Å²) in [5, 5.41) is 5.49. The third kappa shape index (κ3) is 4.72. The highest BCUT2D eigenvalue weighted by atomic mass is 16.5. The number of rotatable bonds is 6. The number of ether oxygens (including phenoxy) is 1. The van der Waals surface area contributed by atoms with Crippen LogP contribution >= 0.6 is 0 Å². The molecule has 1 unspecified atom stereocenters. The monoisotopic (exact) mass is 350 g/mol. The first-order valence-corrected chi connectivity index (χ1v) is 8.68. The lowest BCUT2D eigenvalue weighted by atomic mass is 10.1. The predicted octanol–water partition coefficient (Wildman–Crippen LogP) is 2.46. The fourth-order valence-corrected chi connectivity index (χ4v) is 2.75. The minimum Gasteiger partial charge on any atom is -0.493 e. The van der Waals surface area contributed by atoms with Gasteiger partial charge in [0.05, 0.1) is 6.61 Å². The van der Waals surface area contributed by atoms with E-state index in [9.17, 15) is 9.59 Å². The summed E-state index contributed by atoms with van der Waals surface area (Å²) >= 11 is 0. The summed E-state index contributed by atoms with van der Waals surface area (Å²) in [5.74, 6) is 0.393. The second kappa shape index (κ2) is 8.34. The number of carbonyl (C=O) groups is 2. The van der Waals surface area contributed by atoms with E-state index in [0.29, 0.717) is 13.2 Å². The quantitative estimate of drug-likeness (QED) is 0.787. The summed E-state index contributed by atoms with van der Waals surface area (Å²) < 4.78 is 5.47. The molecule has 0 bridgehead atoms. The number of amides is 2. The molecule has 2 aromatic rings. The molecule has 134 valence electrons. The van der Waals surface area contributed by atoms with Crippen molar-refractivity contribution < 1.29 is 14.3 Å². The molecule has 1 aliphatic rings. The van der Waals surface area contributed by atoms with Crippen LogP contribution in [0.15, 0.2) is 54.6 Å². The molecular formula is C21H22N2O3. The molecule has 1 aliphatic heterocycles. The molecule has 2 aromatic carbocycles. The Morgan fingerprint density at radius 3 is 2.81 bits per heavy atom.